The summed E-state index contributed by atoms with van der Waals surface area (Å²) in [5, 5.41) is 3.12. The monoisotopic (exact) mass is 795 g/mol. The van der Waals surface area contributed by atoms with E-state index < -0.39 is 38.7 Å². The van der Waals surface area contributed by atoms with Crippen LogP contribution in [0.3, 0.4) is 0 Å². The van der Waals surface area contributed by atoms with E-state index in [-0.39, 0.29) is 58.7 Å². The van der Waals surface area contributed by atoms with E-state index in [0.29, 0.717) is 18.8 Å². The molecule has 1 aliphatic carbocycles. The van der Waals surface area contributed by atoms with Crippen LogP contribution in [0.15, 0.2) is 76.5 Å². The van der Waals surface area contributed by atoms with E-state index in [1.54, 1.807) is 24.3 Å². The minimum Gasteiger partial charge on any atom is -0.453 e. The summed E-state index contributed by atoms with van der Waals surface area (Å²) in [7, 11) is 0.285. The lowest BCUT2D eigenvalue weighted by Gasteiger charge is -2.54. The SMILES string of the molecule is COC(=O)N[C@H]1CCC[C@@H]1C(CN1CCC1)(c1cccc(F)c1)C1CCN(CC2(F)CN(c3ccc(S(=O)(=O)c4ccc(C(=O)N(C)C)c(F)c4)cc3)C2)CC1. The lowest BCUT2D eigenvalue weighted by molar-refractivity contribution is 0.00584. The molecular weight excluding hydrogens is 744 g/mol. The summed E-state index contributed by atoms with van der Waals surface area (Å²) in [6, 6.07) is 16.3. The van der Waals surface area contributed by atoms with Gasteiger partial charge in [-0.05, 0) is 130 Å². The van der Waals surface area contributed by atoms with Gasteiger partial charge in [0, 0.05) is 44.3 Å². The number of halogens is 3. The van der Waals surface area contributed by atoms with E-state index in [9.17, 15) is 26.8 Å². The molecule has 3 aliphatic heterocycles. The molecule has 1 N–H and O–H groups in total. The number of piperidine rings is 1. The van der Waals surface area contributed by atoms with Crippen molar-refractivity contribution in [2.24, 2.45) is 11.8 Å². The summed E-state index contributed by atoms with van der Waals surface area (Å²) < 4.78 is 77.6. The number of nitrogens with one attached hydrogen (secondary N) is 1. The van der Waals surface area contributed by atoms with Gasteiger partial charge in [-0.15, -0.1) is 0 Å². The van der Waals surface area contributed by atoms with Gasteiger partial charge in [-0.2, -0.15) is 0 Å². The van der Waals surface area contributed by atoms with Crippen molar-refractivity contribution in [3.8, 4) is 0 Å². The molecule has 3 saturated heterocycles. The minimum absolute atomic E-state index is 0.0318. The Morgan fingerprint density at radius 1 is 0.893 bits per heavy atom. The van der Waals surface area contributed by atoms with Crippen molar-refractivity contribution in [2.45, 2.75) is 65.4 Å². The Balaban J connectivity index is 1.01. The largest absolute Gasteiger partial charge is 0.453 e. The third-order valence-electron chi connectivity index (χ3n) is 12.6. The van der Waals surface area contributed by atoms with Gasteiger partial charge in [0.15, 0.2) is 5.67 Å². The number of alkyl carbamates (subject to hydrolysis) is 1. The van der Waals surface area contributed by atoms with Crippen LogP contribution in [0.25, 0.3) is 0 Å². The van der Waals surface area contributed by atoms with E-state index in [1.165, 1.54) is 56.4 Å². The van der Waals surface area contributed by atoms with Crippen LogP contribution in [0.4, 0.5) is 23.7 Å². The molecule has 0 spiro atoms. The molecule has 3 aromatic carbocycles. The summed E-state index contributed by atoms with van der Waals surface area (Å²) in [5.41, 5.74) is -0.401. The molecule has 10 nitrogen and oxygen atoms in total. The zero-order valence-corrected chi connectivity index (χ0v) is 33.2. The zero-order valence-electron chi connectivity index (χ0n) is 32.4. The lowest BCUT2D eigenvalue weighted by atomic mass is 9.57. The maximum absolute atomic E-state index is 16.3. The van der Waals surface area contributed by atoms with E-state index in [2.05, 4.69) is 21.2 Å². The van der Waals surface area contributed by atoms with Gasteiger partial charge in [0.1, 0.15) is 11.6 Å². The maximum atomic E-state index is 16.3. The normalized spacial score (nSPS) is 22.8. The van der Waals surface area contributed by atoms with Gasteiger partial charge >= 0.3 is 6.09 Å². The van der Waals surface area contributed by atoms with Gasteiger partial charge in [0.2, 0.25) is 9.84 Å². The van der Waals surface area contributed by atoms with E-state index in [4.69, 9.17) is 4.74 Å². The number of rotatable bonds is 12. The molecule has 0 radical (unpaired) electrons. The molecule has 0 bridgehead atoms. The average Bonchev–Trinajstić information content (AvgIpc) is 3.61. The highest BCUT2D eigenvalue weighted by Crippen LogP contribution is 2.51. The smallest absolute Gasteiger partial charge is 0.407 e. The third kappa shape index (κ3) is 7.89. The first-order valence-corrected chi connectivity index (χ1v) is 21.1. The molecule has 1 unspecified atom stereocenters. The number of anilines is 1. The Hall–Kier alpha value is -4.14. The molecule has 4 fully saturated rings. The first-order chi connectivity index (χ1) is 26.7. The molecule has 56 heavy (non-hydrogen) atoms. The first-order valence-electron chi connectivity index (χ1n) is 19.6. The third-order valence-corrected chi connectivity index (χ3v) is 14.4. The van der Waals surface area contributed by atoms with Crippen LogP contribution in [0.2, 0.25) is 0 Å². The fraction of sp³-hybridized carbons (Fsp3) is 0.524. The number of likely N-dealkylation sites (tertiary alicyclic amines) is 2. The Bertz CT molecular complexity index is 2020. The molecule has 3 heterocycles. The molecule has 0 aromatic heterocycles. The highest BCUT2D eigenvalue weighted by Gasteiger charge is 2.54. The number of methoxy groups -OCH3 is 1. The molecule has 3 aromatic rings. The van der Waals surface area contributed by atoms with Crippen molar-refractivity contribution in [3.05, 3.63) is 89.5 Å². The Labute approximate surface area is 327 Å². The van der Waals surface area contributed by atoms with Crippen LogP contribution in [-0.4, -0.2) is 120 Å². The second kappa shape index (κ2) is 16.0. The number of carbonyl (C=O) groups is 2. The average molecular weight is 796 g/mol. The van der Waals surface area contributed by atoms with Crippen LogP contribution in [0, 0.1) is 23.5 Å². The Morgan fingerprint density at radius 3 is 2.20 bits per heavy atom. The standard InChI is InChI=1S/C42H52F3N5O5S/c1-47(2)39(51)35-16-15-34(24-37(35)44)56(53,54)33-13-11-32(12-14-33)50-26-41(45,27-50)25-49-21-17-29(18-22-49)42(28-48-19-6-20-48,30-7-4-8-31(43)23-30)36-9-5-10-38(36)46-40(52)55-3/h4,7-8,11-16,23-24,29,36,38H,5-6,9-10,17-22,25-28H2,1-3H3,(H,46,52)/t36-,38-,42?/m0/s1. The van der Waals surface area contributed by atoms with Gasteiger partial charge < -0.3 is 24.8 Å². The number of nitrogens with zero attached hydrogens (tertiary/aromatic N) is 4. The molecule has 3 atom stereocenters. The van der Waals surface area contributed by atoms with Crippen LogP contribution in [0.1, 0.15) is 54.4 Å². The van der Waals surface area contributed by atoms with E-state index in [0.717, 1.165) is 69.8 Å². The van der Waals surface area contributed by atoms with Crippen molar-refractivity contribution in [1.29, 1.82) is 0 Å². The number of hydrogen-bond acceptors (Lipinski definition) is 8. The lowest BCUT2D eigenvalue weighted by Crippen LogP contribution is -2.65. The maximum Gasteiger partial charge on any atom is 0.407 e. The fourth-order valence-electron chi connectivity index (χ4n) is 9.71. The number of hydrogen-bond donors (Lipinski definition) is 1. The molecule has 4 aliphatic rings. The molecule has 2 amide bonds. The number of sulfone groups is 1. The fourth-order valence-corrected chi connectivity index (χ4v) is 11.0. The quantitative estimate of drug-likeness (QED) is 0.242. The second-order valence-corrected chi connectivity index (χ2v) is 18.3. The van der Waals surface area contributed by atoms with Crippen LogP contribution in [0.5, 0.6) is 0 Å². The van der Waals surface area contributed by atoms with Crippen LogP contribution < -0.4 is 10.2 Å². The molecule has 302 valence electrons. The Kier molecular flexibility index (Phi) is 11.5. The van der Waals surface area contributed by atoms with E-state index in [1.807, 2.05) is 4.90 Å². The van der Waals surface area contributed by atoms with Gasteiger partial charge in [0.05, 0.1) is 35.6 Å². The van der Waals surface area contributed by atoms with Gasteiger partial charge in [-0.1, -0.05) is 18.6 Å². The van der Waals surface area contributed by atoms with Crippen molar-refractivity contribution in [1.82, 2.24) is 20.0 Å². The summed E-state index contributed by atoms with van der Waals surface area (Å²) in [4.78, 5) is 32.1. The highest BCUT2D eigenvalue weighted by atomic mass is 32.2. The molecule has 1 saturated carbocycles. The van der Waals surface area contributed by atoms with E-state index >= 15 is 4.39 Å². The van der Waals surface area contributed by atoms with Crippen molar-refractivity contribution < 1.29 is 35.9 Å². The number of amides is 2. The predicted octanol–water partition coefficient (Wildman–Crippen LogP) is 5.91. The van der Waals surface area contributed by atoms with Crippen LogP contribution >= 0.6 is 0 Å². The summed E-state index contributed by atoms with van der Waals surface area (Å²) in [6.07, 6.45) is 5.03. The highest BCUT2D eigenvalue weighted by molar-refractivity contribution is 7.91. The first kappa shape index (κ1) is 40.1. The minimum atomic E-state index is -4.06. The molecular formula is C42H52F3N5O5S. The zero-order chi connectivity index (χ0) is 39.8. The topological polar surface area (TPSA) is 102 Å². The van der Waals surface area contributed by atoms with Gasteiger partial charge in [-0.3, -0.25) is 9.69 Å². The number of benzene rings is 3. The van der Waals surface area contributed by atoms with Crippen molar-refractivity contribution >= 4 is 27.5 Å². The number of carbonyl (C=O) groups excluding carboxylic acids is 2. The summed E-state index contributed by atoms with van der Waals surface area (Å²) in [5.74, 6) is -1.46. The number of alkyl halides is 1. The summed E-state index contributed by atoms with van der Waals surface area (Å²) >= 11 is 0. The number of ether oxygens (including phenoxy) is 1. The predicted molar refractivity (Wildman–Crippen MR) is 207 cm³/mol. The molecule has 7 rings (SSSR count). The Morgan fingerprint density at radius 2 is 1.59 bits per heavy atom. The van der Waals surface area contributed by atoms with Gasteiger partial charge in [-0.25, -0.2) is 26.4 Å². The second-order valence-electron chi connectivity index (χ2n) is 16.4. The molecule has 14 heteroatoms. The van der Waals surface area contributed by atoms with Crippen molar-refractivity contribution in [3.63, 3.8) is 0 Å². The summed E-state index contributed by atoms with van der Waals surface area (Å²) in [6.45, 7) is 4.77. The van der Waals surface area contributed by atoms with Crippen molar-refractivity contribution in [2.75, 3.05) is 78.5 Å². The van der Waals surface area contributed by atoms with Gasteiger partial charge in [0.25, 0.3) is 5.91 Å². The van der Waals surface area contributed by atoms with Crippen LogP contribution in [-0.2, 0) is 20.0 Å².